The maximum Gasteiger partial charge on any atom is 0.306 e. The predicted molar refractivity (Wildman–Crippen MR) is 91.7 cm³/mol. The molecule has 1 aliphatic heterocycles. The summed E-state index contributed by atoms with van der Waals surface area (Å²) in [5, 5.41) is 11.4. The van der Waals surface area contributed by atoms with Crippen molar-refractivity contribution in [1.82, 2.24) is 9.80 Å². The van der Waals surface area contributed by atoms with Gasteiger partial charge in [0.05, 0.1) is 18.5 Å². The molecule has 0 aromatic heterocycles. The number of nitro benzene ring substituents is 1. The van der Waals surface area contributed by atoms with E-state index in [0.717, 1.165) is 0 Å². The summed E-state index contributed by atoms with van der Waals surface area (Å²) >= 11 is 5.79. The number of hydrogen-bond donors (Lipinski definition) is 0. The smallest absolute Gasteiger partial charge is 0.306 e. The second kappa shape index (κ2) is 8.26. The summed E-state index contributed by atoms with van der Waals surface area (Å²) in [5.74, 6) is -0.662. The molecule has 25 heavy (non-hydrogen) atoms. The Hall–Kier alpha value is -2.19. The lowest BCUT2D eigenvalue weighted by molar-refractivity contribution is -0.385. The summed E-state index contributed by atoms with van der Waals surface area (Å²) in [7, 11) is 1.35. The van der Waals surface area contributed by atoms with Crippen LogP contribution in [-0.4, -0.2) is 65.9 Å². The first-order chi connectivity index (χ1) is 11.8. The van der Waals surface area contributed by atoms with Crippen molar-refractivity contribution in [3.8, 4) is 0 Å². The van der Waals surface area contributed by atoms with Gasteiger partial charge in [0, 0.05) is 43.3 Å². The van der Waals surface area contributed by atoms with Crippen LogP contribution in [0.25, 0.3) is 0 Å². The lowest BCUT2D eigenvalue weighted by Gasteiger charge is -2.39. The SMILES string of the molecule is COC(=O)CCN1CCN(C(=O)c2ccc(Cl)cc2[N+](=O)[O-])CC1C. The Bertz CT molecular complexity index is 682. The molecule has 0 bridgehead atoms. The molecule has 1 heterocycles. The second-order valence-corrected chi connectivity index (χ2v) is 6.32. The van der Waals surface area contributed by atoms with Gasteiger partial charge in [-0.3, -0.25) is 24.6 Å². The van der Waals surface area contributed by atoms with Gasteiger partial charge in [-0.15, -0.1) is 0 Å². The normalized spacial score (nSPS) is 18.0. The number of carbonyl (C=O) groups excluding carboxylic acids is 2. The van der Waals surface area contributed by atoms with Crippen LogP contribution in [0.15, 0.2) is 18.2 Å². The Kier molecular flexibility index (Phi) is 6.33. The van der Waals surface area contributed by atoms with E-state index in [2.05, 4.69) is 9.64 Å². The molecule has 0 saturated carbocycles. The number of ether oxygens (including phenoxy) is 1. The topological polar surface area (TPSA) is 93.0 Å². The molecule has 1 aliphatic rings. The molecule has 0 spiro atoms. The highest BCUT2D eigenvalue weighted by Gasteiger charge is 2.30. The number of nitrogens with zero attached hydrogens (tertiary/aromatic N) is 3. The van der Waals surface area contributed by atoms with Crippen molar-refractivity contribution in [3.05, 3.63) is 38.9 Å². The van der Waals surface area contributed by atoms with Gasteiger partial charge in [-0.2, -0.15) is 0 Å². The van der Waals surface area contributed by atoms with Gasteiger partial charge in [0.15, 0.2) is 0 Å². The van der Waals surface area contributed by atoms with Gasteiger partial charge in [0.25, 0.3) is 11.6 Å². The van der Waals surface area contributed by atoms with E-state index >= 15 is 0 Å². The Morgan fingerprint density at radius 2 is 2.12 bits per heavy atom. The fourth-order valence-electron chi connectivity index (χ4n) is 2.86. The Labute approximate surface area is 150 Å². The minimum Gasteiger partial charge on any atom is -0.469 e. The maximum atomic E-state index is 12.7. The van der Waals surface area contributed by atoms with Gasteiger partial charge < -0.3 is 9.64 Å². The molecule has 1 atom stereocenters. The van der Waals surface area contributed by atoms with Crippen molar-refractivity contribution >= 4 is 29.2 Å². The van der Waals surface area contributed by atoms with E-state index in [1.54, 1.807) is 4.90 Å². The van der Waals surface area contributed by atoms with Gasteiger partial charge in [0.1, 0.15) is 5.56 Å². The first kappa shape index (κ1) is 19.1. The van der Waals surface area contributed by atoms with Crippen molar-refractivity contribution in [2.75, 3.05) is 33.3 Å². The number of nitro groups is 1. The van der Waals surface area contributed by atoms with Crippen LogP contribution in [0.5, 0.6) is 0 Å². The van der Waals surface area contributed by atoms with Crippen LogP contribution in [0.1, 0.15) is 23.7 Å². The van der Waals surface area contributed by atoms with Crippen molar-refractivity contribution in [1.29, 1.82) is 0 Å². The lowest BCUT2D eigenvalue weighted by atomic mass is 10.1. The molecule has 2 rings (SSSR count). The summed E-state index contributed by atoms with van der Waals surface area (Å²) < 4.78 is 4.63. The number of methoxy groups -OCH3 is 1. The third-order valence-electron chi connectivity index (χ3n) is 4.27. The van der Waals surface area contributed by atoms with E-state index in [1.165, 1.54) is 25.3 Å². The van der Waals surface area contributed by atoms with Crippen LogP contribution >= 0.6 is 11.6 Å². The molecule has 1 fully saturated rings. The molecule has 0 aliphatic carbocycles. The van der Waals surface area contributed by atoms with Crippen LogP contribution in [0.3, 0.4) is 0 Å². The predicted octanol–water partition coefficient (Wildman–Crippen LogP) is 1.96. The standard InChI is InChI=1S/C16H20ClN3O5/c1-11-10-19(8-7-18(11)6-5-15(21)25-2)16(22)13-4-3-12(17)9-14(13)20(23)24/h3-4,9,11H,5-8,10H2,1-2H3. The first-order valence-electron chi connectivity index (χ1n) is 7.87. The minimum atomic E-state index is -0.602. The summed E-state index contributed by atoms with van der Waals surface area (Å²) in [6.45, 7) is 3.96. The van der Waals surface area contributed by atoms with E-state index in [9.17, 15) is 19.7 Å². The van der Waals surface area contributed by atoms with Gasteiger partial charge in [0.2, 0.25) is 0 Å². The van der Waals surface area contributed by atoms with Crippen molar-refractivity contribution in [2.45, 2.75) is 19.4 Å². The molecule has 1 unspecified atom stereocenters. The molecular formula is C16H20ClN3O5. The number of benzene rings is 1. The fraction of sp³-hybridized carbons (Fsp3) is 0.500. The summed E-state index contributed by atoms with van der Waals surface area (Å²) in [6, 6.07) is 4.08. The molecule has 1 amide bonds. The monoisotopic (exact) mass is 369 g/mol. The van der Waals surface area contributed by atoms with Crippen LogP contribution in [0.4, 0.5) is 5.69 Å². The number of hydrogen-bond acceptors (Lipinski definition) is 6. The molecule has 1 saturated heterocycles. The third kappa shape index (κ3) is 4.67. The van der Waals surface area contributed by atoms with Crippen LogP contribution in [0, 0.1) is 10.1 Å². The number of amides is 1. The molecule has 1 aromatic rings. The highest BCUT2D eigenvalue weighted by Crippen LogP contribution is 2.25. The quantitative estimate of drug-likeness (QED) is 0.447. The zero-order valence-electron chi connectivity index (χ0n) is 14.1. The van der Waals surface area contributed by atoms with E-state index in [4.69, 9.17) is 11.6 Å². The van der Waals surface area contributed by atoms with Gasteiger partial charge in [-0.05, 0) is 19.1 Å². The summed E-state index contributed by atoms with van der Waals surface area (Å²) in [6.07, 6.45) is 0.289. The van der Waals surface area contributed by atoms with Crippen molar-refractivity contribution < 1.29 is 19.2 Å². The molecule has 8 nitrogen and oxygen atoms in total. The first-order valence-corrected chi connectivity index (χ1v) is 8.25. The Morgan fingerprint density at radius 3 is 2.72 bits per heavy atom. The summed E-state index contributed by atoms with van der Waals surface area (Å²) in [4.78, 5) is 38.2. The van der Waals surface area contributed by atoms with E-state index in [0.29, 0.717) is 26.2 Å². The third-order valence-corrected chi connectivity index (χ3v) is 4.51. The average molecular weight is 370 g/mol. The van der Waals surface area contributed by atoms with Crippen LogP contribution < -0.4 is 0 Å². The van der Waals surface area contributed by atoms with Gasteiger partial charge >= 0.3 is 5.97 Å². The van der Waals surface area contributed by atoms with E-state index in [-0.39, 0.29) is 40.6 Å². The lowest BCUT2D eigenvalue weighted by Crippen LogP contribution is -2.54. The van der Waals surface area contributed by atoms with Gasteiger partial charge in [-0.1, -0.05) is 11.6 Å². The number of halogens is 1. The largest absolute Gasteiger partial charge is 0.469 e. The zero-order valence-corrected chi connectivity index (χ0v) is 14.9. The molecular weight excluding hydrogens is 350 g/mol. The number of rotatable bonds is 5. The molecule has 1 aromatic carbocycles. The molecule has 136 valence electrons. The Morgan fingerprint density at radius 1 is 1.40 bits per heavy atom. The minimum absolute atomic E-state index is 0.0320. The number of piperazine rings is 1. The van der Waals surface area contributed by atoms with Gasteiger partial charge in [-0.25, -0.2) is 0 Å². The second-order valence-electron chi connectivity index (χ2n) is 5.88. The molecule has 0 radical (unpaired) electrons. The zero-order chi connectivity index (χ0) is 18.6. The average Bonchev–Trinajstić information content (AvgIpc) is 2.59. The van der Waals surface area contributed by atoms with Crippen LogP contribution in [0.2, 0.25) is 5.02 Å². The van der Waals surface area contributed by atoms with E-state index < -0.39 is 4.92 Å². The number of carbonyl (C=O) groups is 2. The summed E-state index contributed by atoms with van der Waals surface area (Å²) in [5.41, 5.74) is -0.261. The maximum absolute atomic E-state index is 12.7. The van der Waals surface area contributed by atoms with E-state index in [1.807, 2.05) is 6.92 Å². The highest BCUT2D eigenvalue weighted by atomic mass is 35.5. The molecule has 0 N–H and O–H groups in total. The van der Waals surface area contributed by atoms with Crippen molar-refractivity contribution in [3.63, 3.8) is 0 Å². The number of esters is 1. The highest BCUT2D eigenvalue weighted by molar-refractivity contribution is 6.31. The Balaban J connectivity index is 2.06. The van der Waals surface area contributed by atoms with Crippen molar-refractivity contribution in [2.24, 2.45) is 0 Å². The molecule has 9 heteroatoms. The fourth-order valence-corrected chi connectivity index (χ4v) is 3.02. The van der Waals surface area contributed by atoms with Crippen LogP contribution in [-0.2, 0) is 9.53 Å².